The second-order valence-electron chi connectivity index (χ2n) is 7.19. The molecule has 0 saturated carbocycles. The first kappa shape index (κ1) is 28.2. The monoisotopic (exact) mass is 441 g/mol. The summed E-state index contributed by atoms with van der Waals surface area (Å²) in [5.41, 5.74) is 0.817. The lowest BCUT2D eigenvalue weighted by molar-refractivity contribution is -0.192. The van der Waals surface area contributed by atoms with Crippen molar-refractivity contribution < 1.29 is 42.1 Å². The Morgan fingerprint density at radius 3 is 2.47 bits per heavy atom. The molecule has 176 valence electrons. The van der Waals surface area contributed by atoms with E-state index in [2.05, 4.69) is 25.7 Å². The Morgan fingerprint density at radius 2 is 2.00 bits per heavy atom. The van der Waals surface area contributed by atoms with Crippen molar-refractivity contribution in [1.29, 1.82) is 0 Å². The molecule has 1 rings (SSSR count). The number of nitrogens with one attached hydrogen (secondary N) is 1. The molecule has 1 heterocycles. The number of hydrogen-bond donors (Lipinski definition) is 2. The third kappa shape index (κ3) is 13.4. The highest BCUT2D eigenvalue weighted by molar-refractivity contribution is 5.73. The van der Waals surface area contributed by atoms with E-state index in [1.54, 1.807) is 7.11 Å². The highest BCUT2D eigenvalue weighted by atomic mass is 19.4. The molecule has 0 aromatic carbocycles. The van der Waals surface area contributed by atoms with Gasteiger partial charge in [0.2, 0.25) is 0 Å². The lowest BCUT2D eigenvalue weighted by Gasteiger charge is -2.24. The Morgan fingerprint density at radius 1 is 1.37 bits per heavy atom. The van der Waals surface area contributed by atoms with Gasteiger partial charge < -0.3 is 24.6 Å². The average Bonchev–Trinajstić information content (AvgIpc) is 2.69. The predicted molar refractivity (Wildman–Crippen MR) is 105 cm³/mol. The molecular formula is C20H34F3NO6. The molecule has 1 fully saturated rings. The van der Waals surface area contributed by atoms with Crippen LogP contribution in [0.5, 0.6) is 0 Å². The average molecular weight is 441 g/mol. The third-order valence-electron chi connectivity index (χ3n) is 4.54. The molecule has 0 unspecified atom stereocenters. The van der Waals surface area contributed by atoms with Crippen molar-refractivity contribution in [2.24, 2.45) is 5.92 Å². The number of methoxy groups -OCH3 is 1. The van der Waals surface area contributed by atoms with E-state index in [0.29, 0.717) is 18.9 Å². The number of unbranched alkanes of at least 4 members (excludes halogenated alkanes) is 1. The maximum atomic E-state index is 11.8. The van der Waals surface area contributed by atoms with Gasteiger partial charge >= 0.3 is 18.1 Å². The van der Waals surface area contributed by atoms with Crippen molar-refractivity contribution >= 4 is 11.9 Å². The lowest BCUT2D eigenvalue weighted by atomic mass is 9.95. The molecule has 0 aliphatic carbocycles. The number of carboxylic acids is 1. The Labute approximate surface area is 175 Å². The fourth-order valence-electron chi connectivity index (χ4n) is 2.77. The molecule has 1 aliphatic rings. The van der Waals surface area contributed by atoms with E-state index < -0.39 is 12.1 Å². The molecule has 0 radical (unpaired) electrons. The minimum atomic E-state index is -5.08. The topological polar surface area (TPSA) is 94.1 Å². The summed E-state index contributed by atoms with van der Waals surface area (Å²) >= 11 is 0. The standard InChI is InChI=1S/C18H33NO4.C2HF3O2/c1-5-6-8-14(2)17(21-4)11-15(3)19-12-18(20)23-16-9-7-10-22-13-16;3-2(4,5)1(6)7/h14,16-17,19H,3,5-13H2,1-2,4H3;(H,6,7)/t14-,16-,17+;/m1./s1. The van der Waals surface area contributed by atoms with Crippen LogP contribution in [0.1, 0.15) is 52.4 Å². The van der Waals surface area contributed by atoms with E-state index in [1.807, 2.05) is 0 Å². The number of carbonyl (C=O) groups excluding carboxylic acids is 1. The molecule has 0 aromatic rings. The third-order valence-corrected chi connectivity index (χ3v) is 4.54. The Hall–Kier alpha value is -1.81. The van der Waals surface area contributed by atoms with Gasteiger partial charge in [0, 0.05) is 25.8 Å². The number of halogens is 3. The van der Waals surface area contributed by atoms with Gasteiger partial charge in [-0.15, -0.1) is 0 Å². The van der Waals surface area contributed by atoms with Gasteiger partial charge in [0.05, 0.1) is 12.7 Å². The number of carbonyl (C=O) groups is 2. The maximum absolute atomic E-state index is 11.8. The smallest absolute Gasteiger partial charge is 0.475 e. The molecular weight excluding hydrogens is 407 g/mol. The van der Waals surface area contributed by atoms with Crippen molar-refractivity contribution in [3.8, 4) is 0 Å². The zero-order valence-electron chi connectivity index (χ0n) is 17.9. The number of carboxylic acid groups (broad SMARTS) is 1. The summed E-state index contributed by atoms with van der Waals surface area (Å²) in [6.45, 7) is 9.81. The minimum Gasteiger partial charge on any atom is -0.475 e. The van der Waals surface area contributed by atoms with Crippen LogP contribution in [0.25, 0.3) is 0 Å². The number of esters is 1. The summed E-state index contributed by atoms with van der Waals surface area (Å²) in [5, 5.41) is 10.2. The summed E-state index contributed by atoms with van der Waals surface area (Å²) in [6.07, 6.45) is 1.02. The molecule has 7 nitrogen and oxygen atoms in total. The van der Waals surface area contributed by atoms with E-state index in [4.69, 9.17) is 24.1 Å². The summed E-state index contributed by atoms with van der Waals surface area (Å²) in [7, 11) is 1.73. The van der Waals surface area contributed by atoms with Crippen LogP contribution in [-0.4, -0.2) is 62.3 Å². The van der Waals surface area contributed by atoms with Crippen LogP contribution in [0.15, 0.2) is 12.3 Å². The largest absolute Gasteiger partial charge is 0.490 e. The maximum Gasteiger partial charge on any atom is 0.490 e. The van der Waals surface area contributed by atoms with Gasteiger partial charge in [-0.2, -0.15) is 13.2 Å². The van der Waals surface area contributed by atoms with Gasteiger partial charge in [0.15, 0.2) is 0 Å². The Kier molecular flexibility index (Phi) is 14.2. The highest BCUT2D eigenvalue weighted by Gasteiger charge is 2.38. The molecule has 2 N–H and O–H groups in total. The van der Waals surface area contributed by atoms with Crippen molar-refractivity contribution in [2.45, 2.75) is 70.8 Å². The summed E-state index contributed by atoms with van der Waals surface area (Å²) in [4.78, 5) is 20.7. The Bertz CT molecular complexity index is 521. The fourth-order valence-corrected chi connectivity index (χ4v) is 2.77. The Balaban J connectivity index is 0.00000103. The molecule has 1 saturated heterocycles. The summed E-state index contributed by atoms with van der Waals surface area (Å²) in [6, 6.07) is 0. The highest BCUT2D eigenvalue weighted by Crippen LogP contribution is 2.19. The normalized spacial score (nSPS) is 18.4. The molecule has 0 amide bonds. The molecule has 30 heavy (non-hydrogen) atoms. The van der Waals surface area contributed by atoms with Gasteiger partial charge in [-0.05, 0) is 25.2 Å². The number of hydrogen-bond acceptors (Lipinski definition) is 6. The number of rotatable bonds is 11. The minimum absolute atomic E-state index is 0.105. The van der Waals surface area contributed by atoms with Crippen LogP contribution < -0.4 is 5.32 Å². The van der Waals surface area contributed by atoms with Gasteiger partial charge in [0.25, 0.3) is 0 Å². The fraction of sp³-hybridized carbons (Fsp3) is 0.800. The van der Waals surface area contributed by atoms with Crippen LogP contribution in [0.4, 0.5) is 13.2 Å². The lowest BCUT2D eigenvalue weighted by Crippen LogP contribution is -2.33. The summed E-state index contributed by atoms with van der Waals surface area (Å²) < 4.78 is 48.0. The van der Waals surface area contributed by atoms with E-state index in [9.17, 15) is 18.0 Å². The van der Waals surface area contributed by atoms with Crippen LogP contribution >= 0.6 is 0 Å². The summed E-state index contributed by atoms with van der Waals surface area (Å²) in [5.74, 6) is -2.54. The van der Waals surface area contributed by atoms with Gasteiger partial charge in [-0.1, -0.05) is 33.3 Å². The first-order valence-electron chi connectivity index (χ1n) is 10.0. The first-order valence-corrected chi connectivity index (χ1v) is 10.0. The molecule has 0 aromatic heterocycles. The predicted octanol–water partition coefficient (Wildman–Crippen LogP) is 3.68. The zero-order chi connectivity index (χ0) is 23.2. The molecule has 0 bridgehead atoms. The van der Waals surface area contributed by atoms with Crippen LogP contribution in [0.3, 0.4) is 0 Å². The molecule has 1 aliphatic heterocycles. The van der Waals surface area contributed by atoms with Crippen molar-refractivity contribution in [2.75, 3.05) is 26.9 Å². The van der Waals surface area contributed by atoms with Gasteiger partial charge in [-0.3, -0.25) is 4.79 Å². The van der Waals surface area contributed by atoms with Crippen molar-refractivity contribution in [3.63, 3.8) is 0 Å². The van der Waals surface area contributed by atoms with Crippen molar-refractivity contribution in [1.82, 2.24) is 5.32 Å². The van der Waals surface area contributed by atoms with E-state index in [-0.39, 0.29) is 24.7 Å². The van der Waals surface area contributed by atoms with Crippen molar-refractivity contribution in [3.05, 3.63) is 12.3 Å². The number of aliphatic carboxylic acids is 1. The van der Waals surface area contributed by atoms with E-state index >= 15 is 0 Å². The molecule has 0 spiro atoms. The molecule has 3 atom stereocenters. The van der Waals surface area contributed by atoms with Crippen LogP contribution in [-0.2, 0) is 23.8 Å². The van der Waals surface area contributed by atoms with Gasteiger partial charge in [-0.25, -0.2) is 4.79 Å². The van der Waals surface area contributed by atoms with E-state index in [0.717, 1.165) is 31.6 Å². The zero-order valence-corrected chi connectivity index (χ0v) is 17.9. The second kappa shape index (κ2) is 15.1. The van der Waals surface area contributed by atoms with Gasteiger partial charge in [0.1, 0.15) is 12.6 Å². The van der Waals surface area contributed by atoms with Crippen LogP contribution in [0, 0.1) is 5.92 Å². The van der Waals surface area contributed by atoms with E-state index in [1.165, 1.54) is 12.8 Å². The SMILES string of the molecule is C=C(C[C@H](OC)[C@H](C)CCCC)NCC(=O)O[C@@H]1CCCOC1.O=C(O)C(F)(F)F. The quantitative estimate of drug-likeness (QED) is 0.473. The first-order chi connectivity index (χ1) is 14.0. The second-order valence-corrected chi connectivity index (χ2v) is 7.19. The number of ether oxygens (including phenoxy) is 3. The molecule has 10 heteroatoms. The number of alkyl halides is 3. The van der Waals surface area contributed by atoms with Crippen LogP contribution in [0.2, 0.25) is 0 Å².